The first-order valence-electron chi connectivity index (χ1n) is 5.13. The van der Waals surface area contributed by atoms with Crippen molar-refractivity contribution in [1.82, 2.24) is 9.97 Å². The third-order valence-electron chi connectivity index (χ3n) is 1.79. The molecule has 16 heavy (non-hydrogen) atoms. The summed E-state index contributed by atoms with van der Waals surface area (Å²) >= 11 is 0. The van der Waals surface area contributed by atoms with E-state index >= 15 is 0 Å². The normalized spacial score (nSPS) is 8.81. The molecule has 4 nitrogen and oxygen atoms in total. The van der Waals surface area contributed by atoms with Crippen LogP contribution in [-0.4, -0.2) is 16.5 Å². The maximum absolute atomic E-state index is 5.60. The molecular formula is C12H16N4. The van der Waals surface area contributed by atoms with Crippen LogP contribution >= 0.6 is 0 Å². The number of aromatic nitrogens is 2. The first-order valence-corrected chi connectivity index (χ1v) is 5.13. The molecular weight excluding hydrogens is 200 g/mol. The summed E-state index contributed by atoms with van der Waals surface area (Å²) < 4.78 is 0. The van der Waals surface area contributed by atoms with Crippen LogP contribution in [0.5, 0.6) is 0 Å². The van der Waals surface area contributed by atoms with E-state index < -0.39 is 0 Å². The van der Waals surface area contributed by atoms with Gasteiger partial charge in [-0.3, -0.25) is 9.97 Å². The highest BCUT2D eigenvalue weighted by atomic mass is 14.9. The van der Waals surface area contributed by atoms with Gasteiger partial charge in [-0.15, -0.1) is 0 Å². The van der Waals surface area contributed by atoms with Crippen LogP contribution in [0.2, 0.25) is 0 Å². The van der Waals surface area contributed by atoms with Crippen molar-refractivity contribution in [2.24, 2.45) is 0 Å². The lowest BCUT2D eigenvalue weighted by Gasteiger charge is -2.03. The summed E-state index contributed by atoms with van der Waals surface area (Å²) in [7, 11) is 0. The van der Waals surface area contributed by atoms with Crippen molar-refractivity contribution in [3.63, 3.8) is 0 Å². The Morgan fingerprint density at radius 3 is 2.31 bits per heavy atom. The molecule has 0 amide bonds. The molecule has 0 bridgehead atoms. The molecule has 4 heteroatoms. The highest BCUT2D eigenvalue weighted by Gasteiger charge is 1.92. The number of anilines is 2. The maximum Gasteiger partial charge on any atom is 0.0760 e. The SMILES string of the molecule is CCNc1cnccc1N.c1ccncc1. The molecule has 2 rings (SSSR count). The number of nitrogens with one attached hydrogen (secondary N) is 1. The molecule has 0 saturated heterocycles. The monoisotopic (exact) mass is 216 g/mol. The van der Waals surface area contributed by atoms with E-state index in [-0.39, 0.29) is 0 Å². The maximum atomic E-state index is 5.60. The number of pyridine rings is 2. The molecule has 2 aromatic rings. The molecule has 0 aliphatic heterocycles. The van der Waals surface area contributed by atoms with E-state index in [4.69, 9.17) is 5.73 Å². The van der Waals surface area contributed by atoms with Crippen molar-refractivity contribution in [3.05, 3.63) is 49.1 Å². The molecule has 2 aromatic heterocycles. The van der Waals surface area contributed by atoms with Gasteiger partial charge in [0.05, 0.1) is 17.6 Å². The molecule has 0 aliphatic carbocycles. The zero-order chi connectivity index (χ0) is 11.6. The average Bonchev–Trinajstić information content (AvgIpc) is 2.35. The van der Waals surface area contributed by atoms with Crippen molar-refractivity contribution in [2.75, 3.05) is 17.6 Å². The van der Waals surface area contributed by atoms with Crippen molar-refractivity contribution < 1.29 is 0 Å². The average molecular weight is 216 g/mol. The lowest BCUT2D eigenvalue weighted by atomic mass is 10.3. The fourth-order valence-electron chi connectivity index (χ4n) is 1.06. The van der Waals surface area contributed by atoms with E-state index in [9.17, 15) is 0 Å². The quantitative estimate of drug-likeness (QED) is 0.807. The molecule has 0 atom stereocenters. The van der Waals surface area contributed by atoms with Crippen LogP contribution in [0.4, 0.5) is 11.4 Å². The van der Waals surface area contributed by atoms with Crippen molar-refractivity contribution >= 4 is 11.4 Å². The molecule has 3 N–H and O–H groups in total. The van der Waals surface area contributed by atoms with Gasteiger partial charge in [0.15, 0.2) is 0 Å². The first kappa shape index (κ1) is 12.0. The zero-order valence-corrected chi connectivity index (χ0v) is 9.30. The summed E-state index contributed by atoms with van der Waals surface area (Å²) in [5.41, 5.74) is 7.26. The number of hydrogen-bond acceptors (Lipinski definition) is 4. The van der Waals surface area contributed by atoms with Crippen LogP contribution in [0, 0.1) is 0 Å². The number of nitrogens with zero attached hydrogens (tertiary/aromatic N) is 2. The van der Waals surface area contributed by atoms with Crippen LogP contribution in [0.15, 0.2) is 49.1 Å². The minimum Gasteiger partial charge on any atom is -0.397 e. The predicted octanol–water partition coefficient (Wildman–Crippen LogP) is 2.18. The highest BCUT2D eigenvalue weighted by Crippen LogP contribution is 2.13. The van der Waals surface area contributed by atoms with Gasteiger partial charge < -0.3 is 11.1 Å². The van der Waals surface area contributed by atoms with Crippen molar-refractivity contribution in [3.8, 4) is 0 Å². The Morgan fingerprint density at radius 2 is 1.88 bits per heavy atom. The van der Waals surface area contributed by atoms with Crippen LogP contribution in [-0.2, 0) is 0 Å². The molecule has 0 aliphatic rings. The number of nitrogen functional groups attached to an aromatic ring is 1. The second-order valence-electron chi connectivity index (χ2n) is 3.02. The Morgan fingerprint density at radius 1 is 1.12 bits per heavy atom. The van der Waals surface area contributed by atoms with E-state index in [1.54, 1.807) is 30.9 Å². The fourth-order valence-corrected chi connectivity index (χ4v) is 1.06. The number of nitrogens with two attached hydrogens (primary N) is 1. The van der Waals surface area contributed by atoms with E-state index in [0.717, 1.165) is 17.9 Å². The Kier molecular flexibility index (Phi) is 5.41. The van der Waals surface area contributed by atoms with Crippen LogP contribution in [0.25, 0.3) is 0 Å². The van der Waals surface area contributed by atoms with E-state index in [2.05, 4.69) is 15.3 Å². The third-order valence-corrected chi connectivity index (χ3v) is 1.79. The van der Waals surface area contributed by atoms with Gasteiger partial charge in [0.1, 0.15) is 0 Å². The first-order chi connectivity index (χ1) is 7.84. The molecule has 2 heterocycles. The molecule has 0 spiro atoms. The van der Waals surface area contributed by atoms with Gasteiger partial charge >= 0.3 is 0 Å². The second kappa shape index (κ2) is 7.23. The topological polar surface area (TPSA) is 63.8 Å². The second-order valence-corrected chi connectivity index (χ2v) is 3.02. The lowest BCUT2D eigenvalue weighted by molar-refractivity contribution is 1.19. The summed E-state index contributed by atoms with van der Waals surface area (Å²) in [5, 5.41) is 3.09. The molecule has 0 fully saturated rings. The minimum absolute atomic E-state index is 0.747. The summed E-state index contributed by atoms with van der Waals surface area (Å²) in [6.45, 7) is 2.89. The Labute approximate surface area is 95.6 Å². The molecule has 0 aromatic carbocycles. The van der Waals surface area contributed by atoms with Gasteiger partial charge in [-0.25, -0.2) is 0 Å². The van der Waals surface area contributed by atoms with E-state index in [0.29, 0.717) is 0 Å². The number of rotatable bonds is 2. The van der Waals surface area contributed by atoms with Gasteiger partial charge in [-0.1, -0.05) is 6.07 Å². The van der Waals surface area contributed by atoms with Gasteiger partial charge in [0.25, 0.3) is 0 Å². The molecule has 84 valence electrons. The van der Waals surface area contributed by atoms with Gasteiger partial charge in [0.2, 0.25) is 0 Å². The standard InChI is InChI=1S/C7H11N3.C5H5N/c1-2-10-7-5-9-4-3-6(7)8;1-2-4-6-5-3-1/h3-5,10H,2H2,1H3,(H2,8,9);1-5H. The van der Waals surface area contributed by atoms with Crippen molar-refractivity contribution in [2.45, 2.75) is 6.92 Å². The zero-order valence-electron chi connectivity index (χ0n) is 9.30. The van der Waals surface area contributed by atoms with Crippen LogP contribution in [0.1, 0.15) is 6.92 Å². The molecule has 0 unspecified atom stereocenters. The van der Waals surface area contributed by atoms with Crippen LogP contribution in [0.3, 0.4) is 0 Å². The Balaban J connectivity index is 0.000000181. The summed E-state index contributed by atoms with van der Waals surface area (Å²) in [6, 6.07) is 7.49. The van der Waals surface area contributed by atoms with Gasteiger partial charge in [-0.05, 0) is 25.1 Å². The Hall–Kier alpha value is -2.10. The molecule has 0 saturated carbocycles. The summed E-state index contributed by atoms with van der Waals surface area (Å²) in [6.07, 6.45) is 6.90. The van der Waals surface area contributed by atoms with Crippen molar-refractivity contribution in [1.29, 1.82) is 0 Å². The minimum atomic E-state index is 0.747. The Bertz CT molecular complexity index is 363. The van der Waals surface area contributed by atoms with Gasteiger partial charge in [0, 0.05) is 25.1 Å². The smallest absolute Gasteiger partial charge is 0.0760 e. The highest BCUT2D eigenvalue weighted by molar-refractivity contribution is 5.63. The fraction of sp³-hybridized carbons (Fsp3) is 0.167. The molecule has 0 radical (unpaired) electrons. The predicted molar refractivity (Wildman–Crippen MR) is 67.1 cm³/mol. The third kappa shape index (κ3) is 4.41. The van der Waals surface area contributed by atoms with E-state index in [1.807, 2.05) is 25.1 Å². The summed E-state index contributed by atoms with van der Waals surface area (Å²) in [4.78, 5) is 7.71. The lowest BCUT2D eigenvalue weighted by Crippen LogP contribution is -2.00. The van der Waals surface area contributed by atoms with Gasteiger partial charge in [-0.2, -0.15) is 0 Å². The number of hydrogen-bond donors (Lipinski definition) is 2. The van der Waals surface area contributed by atoms with Crippen LogP contribution < -0.4 is 11.1 Å². The van der Waals surface area contributed by atoms with E-state index in [1.165, 1.54) is 0 Å². The summed E-state index contributed by atoms with van der Waals surface area (Å²) in [5.74, 6) is 0. The largest absolute Gasteiger partial charge is 0.397 e.